The molecule has 3 aliphatic heterocycles. The highest BCUT2D eigenvalue weighted by molar-refractivity contribution is 5.97. The number of pyridine rings is 2. The van der Waals surface area contributed by atoms with Gasteiger partial charge in [-0.1, -0.05) is 6.92 Å². The van der Waals surface area contributed by atoms with E-state index in [2.05, 4.69) is 20.3 Å². The van der Waals surface area contributed by atoms with Gasteiger partial charge in [-0.25, -0.2) is 14.4 Å². The highest BCUT2D eigenvalue weighted by atomic mass is 19.4. The minimum absolute atomic E-state index is 0.0339. The number of nitrogen functional groups attached to an aromatic ring is 1. The topological polar surface area (TPSA) is 124 Å². The summed E-state index contributed by atoms with van der Waals surface area (Å²) < 4.78 is 117. The number of piperazine rings is 1. The summed E-state index contributed by atoms with van der Waals surface area (Å²) in [5.41, 5.74) is 2.08. The maximum Gasteiger partial charge on any atom is 0.418 e. The number of alkyl halides is 6. The van der Waals surface area contributed by atoms with E-state index < -0.39 is 58.3 Å². The lowest BCUT2D eigenvalue weighted by molar-refractivity contribution is -0.238. The number of aryl methyl sites for hydroxylation is 1. The molecule has 0 aromatic carbocycles. The standard InChI is InChI=1S/C32H37F7N8O3/c1-4-17-11-47-19(10-41-17)16(3)50-28-22-26(24(33)25(43-28)18-9-21(40)42-15(2)23(18)32(37,38)39)44-29(45-27(22)47)49-14-30(5-6-30)13-46-7-8-48-20(12-46)31(34,35)36/h9,16-17,19-20,41H,4-8,10-14H2,1-3H3,(H2,40,42)/t16-,17+,19-,20?/m0/s1. The Hall–Kier alpha value is -3.77. The first-order valence-corrected chi connectivity index (χ1v) is 16.5. The molecule has 1 saturated carbocycles. The van der Waals surface area contributed by atoms with Crippen molar-refractivity contribution in [2.24, 2.45) is 5.41 Å². The number of halogens is 7. The third kappa shape index (κ3) is 6.45. The van der Waals surface area contributed by atoms with Crippen molar-refractivity contribution in [2.75, 3.05) is 56.6 Å². The number of rotatable bonds is 7. The van der Waals surface area contributed by atoms with Crippen molar-refractivity contribution in [2.45, 2.75) is 76.7 Å². The molecule has 18 heteroatoms. The van der Waals surface area contributed by atoms with Crippen molar-refractivity contribution >= 4 is 22.5 Å². The lowest BCUT2D eigenvalue weighted by Gasteiger charge is -2.42. The Morgan fingerprint density at radius 1 is 1.10 bits per heavy atom. The maximum atomic E-state index is 16.8. The second-order valence-corrected chi connectivity index (χ2v) is 13.7. The zero-order chi connectivity index (χ0) is 35.7. The van der Waals surface area contributed by atoms with E-state index in [0.29, 0.717) is 39.0 Å². The zero-order valence-electron chi connectivity index (χ0n) is 27.6. The van der Waals surface area contributed by atoms with Crippen LogP contribution in [-0.2, 0) is 10.9 Å². The van der Waals surface area contributed by atoms with E-state index in [1.165, 1.54) is 0 Å². The van der Waals surface area contributed by atoms with E-state index in [1.54, 1.807) is 11.8 Å². The number of anilines is 2. The maximum absolute atomic E-state index is 16.8. The first-order chi connectivity index (χ1) is 23.6. The van der Waals surface area contributed by atoms with E-state index in [1.807, 2.05) is 11.8 Å². The van der Waals surface area contributed by atoms with Crippen LogP contribution in [0.4, 0.5) is 42.4 Å². The molecule has 3 fully saturated rings. The van der Waals surface area contributed by atoms with Crippen LogP contribution in [0.25, 0.3) is 22.2 Å². The fourth-order valence-electron chi connectivity index (χ4n) is 7.17. The summed E-state index contributed by atoms with van der Waals surface area (Å²) in [4.78, 5) is 20.9. The van der Waals surface area contributed by atoms with Gasteiger partial charge in [-0.05, 0) is 39.2 Å². The summed E-state index contributed by atoms with van der Waals surface area (Å²) in [6.45, 7) is 6.20. The molecule has 0 radical (unpaired) electrons. The van der Waals surface area contributed by atoms with E-state index >= 15 is 4.39 Å². The van der Waals surface area contributed by atoms with Crippen molar-refractivity contribution < 1.29 is 44.9 Å². The van der Waals surface area contributed by atoms with Gasteiger partial charge in [0.05, 0.1) is 30.5 Å². The van der Waals surface area contributed by atoms with Crippen LogP contribution in [-0.4, -0.2) is 101 Å². The molecule has 4 atom stereocenters. The van der Waals surface area contributed by atoms with Crippen molar-refractivity contribution in [3.8, 4) is 23.1 Å². The molecule has 0 amide bonds. The molecule has 272 valence electrons. The molecule has 1 unspecified atom stereocenters. The minimum atomic E-state index is -4.92. The Balaban J connectivity index is 1.31. The number of fused-ring (bicyclic) bond motifs is 2. The zero-order valence-corrected chi connectivity index (χ0v) is 27.6. The Bertz CT molecular complexity index is 1790. The molecule has 4 aliphatic rings. The lowest BCUT2D eigenvalue weighted by atomic mass is 10.0. The van der Waals surface area contributed by atoms with Crippen molar-refractivity contribution in [3.05, 3.63) is 23.1 Å². The number of nitrogens with one attached hydrogen (secondary N) is 1. The van der Waals surface area contributed by atoms with Crippen LogP contribution in [0.3, 0.4) is 0 Å². The number of hydrogen-bond donors (Lipinski definition) is 2. The molecule has 0 spiro atoms. The largest absolute Gasteiger partial charge is 0.472 e. The molecule has 3 aromatic rings. The van der Waals surface area contributed by atoms with Crippen LogP contribution in [0.15, 0.2) is 6.07 Å². The van der Waals surface area contributed by atoms with Gasteiger partial charge in [-0.2, -0.15) is 36.3 Å². The average molecular weight is 715 g/mol. The molecule has 6 heterocycles. The summed E-state index contributed by atoms with van der Waals surface area (Å²) in [6, 6.07) is 0.431. The number of aromatic nitrogens is 4. The van der Waals surface area contributed by atoms with Gasteiger partial charge in [-0.15, -0.1) is 0 Å². The summed E-state index contributed by atoms with van der Waals surface area (Å²) in [7, 11) is 0. The molecular formula is C32H37F7N8O3. The SMILES string of the molecule is CC[C@@H]1CN2c3nc(OCC4(CN5CCOC(C(F)(F)F)C5)CC4)nc4c(F)c(-c5cc(N)nc(C)c5C(F)(F)F)nc(c34)O[C@@H](C)[C@@H]2CN1. The number of nitrogens with zero attached hydrogens (tertiary/aromatic N) is 6. The summed E-state index contributed by atoms with van der Waals surface area (Å²) in [6.07, 6.45) is -9.70. The van der Waals surface area contributed by atoms with Crippen LogP contribution >= 0.6 is 0 Å². The Morgan fingerprint density at radius 2 is 1.86 bits per heavy atom. The molecule has 7 rings (SSSR count). The Kier molecular flexibility index (Phi) is 8.65. The van der Waals surface area contributed by atoms with Gasteiger partial charge >= 0.3 is 18.4 Å². The summed E-state index contributed by atoms with van der Waals surface area (Å²) in [5, 5.41) is 3.56. The van der Waals surface area contributed by atoms with Gasteiger partial charge in [0.2, 0.25) is 5.88 Å². The molecule has 3 aromatic heterocycles. The van der Waals surface area contributed by atoms with Crippen LogP contribution in [0.5, 0.6) is 11.9 Å². The highest BCUT2D eigenvalue weighted by Gasteiger charge is 2.49. The second kappa shape index (κ2) is 12.5. The van der Waals surface area contributed by atoms with E-state index in [4.69, 9.17) is 24.9 Å². The predicted octanol–water partition coefficient (Wildman–Crippen LogP) is 4.90. The number of ether oxygens (including phenoxy) is 3. The van der Waals surface area contributed by atoms with Gasteiger partial charge in [-0.3, -0.25) is 4.90 Å². The molecule has 1 aliphatic carbocycles. The second-order valence-electron chi connectivity index (χ2n) is 13.7. The molecule has 2 saturated heterocycles. The minimum Gasteiger partial charge on any atom is -0.472 e. The van der Waals surface area contributed by atoms with Gasteiger partial charge in [0, 0.05) is 49.7 Å². The number of hydrogen-bond acceptors (Lipinski definition) is 11. The Morgan fingerprint density at radius 3 is 2.54 bits per heavy atom. The predicted molar refractivity (Wildman–Crippen MR) is 167 cm³/mol. The van der Waals surface area contributed by atoms with Crippen LogP contribution in [0, 0.1) is 18.2 Å². The number of morpholine rings is 1. The monoisotopic (exact) mass is 714 g/mol. The van der Waals surface area contributed by atoms with Gasteiger partial charge < -0.3 is 30.2 Å². The lowest BCUT2D eigenvalue weighted by Crippen LogP contribution is -2.60. The average Bonchev–Trinajstić information content (AvgIpc) is 3.83. The van der Waals surface area contributed by atoms with Gasteiger partial charge in [0.15, 0.2) is 11.9 Å². The van der Waals surface area contributed by atoms with Gasteiger partial charge in [0.25, 0.3) is 0 Å². The fourth-order valence-corrected chi connectivity index (χ4v) is 7.17. The Labute approximate surface area is 282 Å². The molecule has 3 N–H and O–H groups in total. The van der Waals surface area contributed by atoms with Crippen LogP contribution < -0.4 is 25.4 Å². The van der Waals surface area contributed by atoms with Crippen molar-refractivity contribution in [1.82, 2.24) is 30.2 Å². The van der Waals surface area contributed by atoms with E-state index in [0.717, 1.165) is 19.4 Å². The normalized spacial score (nSPS) is 25.2. The van der Waals surface area contributed by atoms with E-state index in [-0.39, 0.29) is 66.3 Å². The van der Waals surface area contributed by atoms with Crippen LogP contribution in [0.1, 0.15) is 44.4 Å². The summed E-state index contributed by atoms with van der Waals surface area (Å²) in [5.74, 6) is -1.29. The van der Waals surface area contributed by atoms with E-state index in [9.17, 15) is 26.3 Å². The van der Waals surface area contributed by atoms with Gasteiger partial charge in [0.1, 0.15) is 34.3 Å². The quantitative estimate of drug-likeness (QED) is 0.325. The third-order valence-electron chi connectivity index (χ3n) is 10.0. The van der Waals surface area contributed by atoms with Crippen molar-refractivity contribution in [1.29, 1.82) is 0 Å². The van der Waals surface area contributed by atoms with Crippen molar-refractivity contribution in [3.63, 3.8) is 0 Å². The first-order valence-electron chi connectivity index (χ1n) is 16.5. The first kappa shape index (κ1) is 34.7. The molecule has 50 heavy (non-hydrogen) atoms. The molecule has 11 nitrogen and oxygen atoms in total. The fraction of sp³-hybridized carbons (Fsp3) is 0.625. The van der Waals surface area contributed by atoms with Crippen LogP contribution in [0.2, 0.25) is 0 Å². The third-order valence-corrected chi connectivity index (χ3v) is 10.0. The molecular weight excluding hydrogens is 677 g/mol. The molecule has 0 bridgehead atoms. The number of nitrogens with two attached hydrogens (primary N) is 1. The summed E-state index contributed by atoms with van der Waals surface area (Å²) >= 11 is 0. The highest BCUT2D eigenvalue weighted by Crippen LogP contribution is 2.48. The smallest absolute Gasteiger partial charge is 0.418 e.